The van der Waals surface area contributed by atoms with E-state index in [1.807, 2.05) is 0 Å². The second-order valence-corrected chi connectivity index (χ2v) is 2.73. The number of aliphatic imine (C=N–C) groups is 1. The highest BCUT2D eigenvalue weighted by Crippen LogP contribution is 2.33. The first-order valence-corrected chi connectivity index (χ1v) is 3.69. The summed E-state index contributed by atoms with van der Waals surface area (Å²) in [6.45, 7) is 0.278. The summed E-state index contributed by atoms with van der Waals surface area (Å²) in [7, 11) is 0. The number of phenolic OH excluding ortho intramolecular Hbond substituents is 1. The molecule has 0 atom stereocenters. The van der Waals surface area contributed by atoms with E-state index in [9.17, 15) is 15.2 Å². The molecular weight excluding hydrogens is 172 g/mol. The SMILES string of the molecule is O=[N+]([O-])c1c(O)ccc2c1CN=C2. The zero-order valence-corrected chi connectivity index (χ0v) is 6.60. The van der Waals surface area contributed by atoms with E-state index in [4.69, 9.17) is 0 Å². The summed E-state index contributed by atoms with van der Waals surface area (Å²) in [5.41, 5.74) is 0.976. The van der Waals surface area contributed by atoms with Crippen molar-refractivity contribution in [3.8, 4) is 5.75 Å². The lowest BCUT2D eigenvalue weighted by molar-refractivity contribution is -0.386. The highest BCUT2D eigenvalue weighted by atomic mass is 16.6. The number of fused-ring (bicyclic) bond motifs is 1. The number of hydrogen-bond donors (Lipinski definition) is 1. The molecule has 5 heteroatoms. The molecule has 0 fully saturated rings. The second kappa shape index (κ2) is 2.55. The van der Waals surface area contributed by atoms with Crippen LogP contribution in [0, 0.1) is 10.1 Å². The molecule has 1 aliphatic heterocycles. The summed E-state index contributed by atoms with van der Waals surface area (Å²) in [4.78, 5) is 13.9. The van der Waals surface area contributed by atoms with Gasteiger partial charge in [-0.05, 0) is 12.1 Å². The first-order chi connectivity index (χ1) is 6.20. The van der Waals surface area contributed by atoms with Crippen molar-refractivity contribution in [3.63, 3.8) is 0 Å². The Bertz CT molecular complexity index is 412. The second-order valence-electron chi connectivity index (χ2n) is 2.73. The van der Waals surface area contributed by atoms with Gasteiger partial charge in [0, 0.05) is 11.8 Å². The molecule has 5 nitrogen and oxygen atoms in total. The summed E-state index contributed by atoms with van der Waals surface area (Å²) in [5.74, 6) is -0.297. The van der Waals surface area contributed by atoms with E-state index in [1.165, 1.54) is 6.07 Å². The molecule has 1 N–H and O–H groups in total. The predicted molar refractivity (Wildman–Crippen MR) is 46.1 cm³/mol. The Hall–Kier alpha value is -1.91. The fourth-order valence-electron chi connectivity index (χ4n) is 1.37. The van der Waals surface area contributed by atoms with Crippen LogP contribution in [0.4, 0.5) is 5.69 Å². The van der Waals surface area contributed by atoms with E-state index in [-0.39, 0.29) is 18.0 Å². The average molecular weight is 178 g/mol. The third kappa shape index (κ3) is 1.05. The summed E-state index contributed by atoms with van der Waals surface area (Å²) in [6.07, 6.45) is 1.57. The van der Waals surface area contributed by atoms with Crippen LogP contribution in [0.25, 0.3) is 0 Å². The number of nitro groups is 1. The van der Waals surface area contributed by atoms with Crippen molar-refractivity contribution < 1.29 is 10.0 Å². The minimum absolute atomic E-state index is 0.227. The van der Waals surface area contributed by atoms with Crippen LogP contribution in [0.3, 0.4) is 0 Å². The van der Waals surface area contributed by atoms with E-state index in [0.717, 1.165) is 0 Å². The van der Waals surface area contributed by atoms with Crippen molar-refractivity contribution in [2.24, 2.45) is 4.99 Å². The minimum atomic E-state index is -0.581. The molecule has 1 aromatic rings. The van der Waals surface area contributed by atoms with Gasteiger partial charge in [-0.1, -0.05) is 0 Å². The Morgan fingerprint density at radius 1 is 1.54 bits per heavy atom. The van der Waals surface area contributed by atoms with E-state index < -0.39 is 4.92 Å². The Morgan fingerprint density at radius 2 is 2.31 bits per heavy atom. The molecule has 0 aliphatic carbocycles. The number of rotatable bonds is 1. The Morgan fingerprint density at radius 3 is 3.00 bits per heavy atom. The number of hydrogen-bond acceptors (Lipinski definition) is 4. The first-order valence-electron chi connectivity index (χ1n) is 3.69. The first kappa shape index (κ1) is 7.72. The lowest BCUT2D eigenvalue weighted by Gasteiger charge is -2.00. The number of phenols is 1. The van der Waals surface area contributed by atoms with Crippen molar-refractivity contribution in [2.75, 3.05) is 0 Å². The summed E-state index contributed by atoms with van der Waals surface area (Å²) in [5, 5.41) is 19.8. The van der Waals surface area contributed by atoms with Gasteiger partial charge < -0.3 is 5.11 Å². The van der Waals surface area contributed by atoms with Crippen LogP contribution < -0.4 is 0 Å². The van der Waals surface area contributed by atoms with Gasteiger partial charge >= 0.3 is 5.69 Å². The zero-order valence-electron chi connectivity index (χ0n) is 6.60. The molecule has 66 valence electrons. The third-order valence-electron chi connectivity index (χ3n) is 1.96. The fourth-order valence-corrected chi connectivity index (χ4v) is 1.37. The molecule has 0 saturated heterocycles. The van der Waals surface area contributed by atoms with Crippen molar-refractivity contribution in [1.29, 1.82) is 0 Å². The third-order valence-corrected chi connectivity index (χ3v) is 1.96. The summed E-state index contributed by atoms with van der Waals surface area (Å²) >= 11 is 0. The van der Waals surface area contributed by atoms with Gasteiger partial charge in [0.15, 0.2) is 5.75 Å². The molecule has 13 heavy (non-hydrogen) atoms. The zero-order chi connectivity index (χ0) is 9.42. The van der Waals surface area contributed by atoms with Crippen LogP contribution in [0.5, 0.6) is 5.75 Å². The van der Waals surface area contributed by atoms with Crippen molar-refractivity contribution in [3.05, 3.63) is 33.4 Å². The number of aromatic hydroxyl groups is 1. The van der Waals surface area contributed by atoms with Gasteiger partial charge in [-0.2, -0.15) is 0 Å². The number of nitro benzene ring substituents is 1. The lowest BCUT2D eigenvalue weighted by atomic mass is 10.1. The normalized spacial score (nSPS) is 12.9. The molecule has 0 aromatic heterocycles. The molecule has 1 aliphatic rings. The summed E-state index contributed by atoms with van der Waals surface area (Å²) < 4.78 is 0. The van der Waals surface area contributed by atoms with Crippen molar-refractivity contribution in [1.82, 2.24) is 0 Å². The summed E-state index contributed by atoms with van der Waals surface area (Å²) in [6, 6.07) is 2.93. The van der Waals surface area contributed by atoms with E-state index >= 15 is 0 Å². The minimum Gasteiger partial charge on any atom is -0.502 e. The Balaban J connectivity index is 2.68. The maximum atomic E-state index is 10.6. The number of nitrogens with zero attached hydrogens (tertiary/aromatic N) is 2. The molecule has 0 radical (unpaired) electrons. The van der Waals surface area contributed by atoms with Gasteiger partial charge in [-0.25, -0.2) is 0 Å². The lowest BCUT2D eigenvalue weighted by Crippen LogP contribution is -1.95. The van der Waals surface area contributed by atoms with Gasteiger partial charge in [0.1, 0.15) is 0 Å². The van der Waals surface area contributed by atoms with E-state index in [1.54, 1.807) is 12.3 Å². The molecule has 2 rings (SSSR count). The van der Waals surface area contributed by atoms with Gasteiger partial charge in [0.2, 0.25) is 0 Å². The molecule has 0 amide bonds. The van der Waals surface area contributed by atoms with E-state index in [2.05, 4.69) is 4.99 Å². The topological polar surface area (TPSA) is 75.7 Å². The molecule has 1 aromatic carbocycles. The van der Waals surface area contributed by atoms with Crippen LogP contribution in [0.2, 0.25) is 0 Å². The molecular formula is C8H6N2O3. The monoisotopic (exact) mass is 178 g/mol. The molecule has 1 heterocycles. The average Bonchev–Trinajstić information content (AvgIpc) is 2.50. The maximum Gasteiger partial charge on any atom is 0.316 e. The van der Waals surface area contributed by atoms with Crippen LogP contribution in [0.15, 0.2) is 17.1 Å². The number of benzene rings is 1. The van der Waals surface area contributed by atoms with Crippen molar-refractivity contribution >= 4 is 11.9 Å². The molecule has 0 spiro atoms. The van der Waals surface area contributed by atoms with Crippen LogP contribution >= 0.6 is 0 Å². The van der Waals surface area contributed by atoms with Gasteiger partial charge in [0.05, 0.1) is 17.0 Å². The maximum absolute atomic E-state index is 10.6. The van der Waals surface area contributed by atoms with Crippen LogP contribution in [0.1, 0.15) is 11.1 Å². The van der Waals surface area contributed by atoms with Crippen molar-refractivity contribution in [2.45, 2.75) is 6.54 Å². The highest BCUT2D eigenvalue weighted by Gasteiger charge is 2.23. The Labute approximate surface area is 73.5 Å². The molecule has 0 saturated carbocycles. The van der Waals surface area contributed by atoms with Gasteiger partial charge in [0.25, 0.3) is 0 Å². The largest absolute Gasteiger partial charge is 0.502 e. The smallest absolute Gasteiger partial charge is 0.316 e. The van der Waals surface area contributed by atoms with Crippen LogP contribution in [-0.2, 0) is 6.54 Å². The van der Waals surface area contributed by atoms with Gasteiger partial charge in [-0.15, -0.1) is 0 Å². The molecule has 0 bridgehead atoms. The van der Waals surface area contributed by atoms with E-state index in [0.29, 0.717) is 11.1 Å². The fraction of sp³-hybridized carbons (Fsp3) is 0.125. The highest BCUT2D eigenvalue weighted by molar-refractivity contribution is 5.87. The van der Waals surface area contributed by atoms with Gasteiger partial charge in [-0.3, -0.25) is 15.1 Å². The standard InChI is InChI=1S/C8H6N2O3/c11-7-2-1-5-3-9-4-6(5)8(7)10(12)13/h1-3,11H,4H2. The molecule has 0 unspecified atom stereocenters. The predicted octanol–water partition coefficient (Wildman–Crippen LogP) is 1.23. The quantitative estimate of drug-likeness (QED) is 0.519. The Kier molecular flexibility index (Phi) is 1.51. The van der Waals surface area contributed by atoms with Crippen LogP contribution in [-0.4, -0.2) is 16.2 Å².